The molecule has 1 saturated carbocycles. The van der Waals surface area contributed by atoms with Gasteiger partial charge in [0.2, 0.25) is 0 Å². The molecule has 41 valence electrons. The maximum Gasteiger partial charge on any atom is 0.183 e. The summed E-state index contributed by atoms with van der Waals surface area (Å²) in [7, 11) is 0. The van der Waals surface area contributed by atoms with E-state index in [1.165, 1.54) is 0 Å². The largest absolute Gasteiger partial charge is 0.221 e. The first-order valence-corrected chi connectivity index (χ1v) is 2.99. The van der Waals surface area contributed by atoms with Crippen LogP contribution in [-0.2, 0) is 0 Å². The lowest BCUT2D eigenvalue weighted by molar-refractivity contribution is 0.688. The summed E-state index contributed by atoms with van der Waals surface area (Å²) in [5.74, 6) is 0.246. The Labute approximate surface area is 52.8 Å². The Bertz CT molecular complexity index is 72.2. The van der Waals surface area contributed by atoms with Crippen molar-refractivity contribution < 1.29 is 0 Å². The first kappa shape index (κ1) is 5.67. The van der Waals surface area contributed by atoms with Gasteiger partial charge in [-0.2, -0.15) is 0 Å². The van der Waals surface area contributed by atoms with Gasteiger partial charge in [-0.05, 0) is 12.8 Å². The summed E-state index contributed by atoms with van der Waals surface area (Å²) >= 11 is 10.7. The van der Waals surface area contributed by atoms with Crippen molar-refractivity contribution in [3.8, 4) is 0 Å². The lowest BCUT2D eigenvalue weighted by atomic mass is 10.4. The fourth-order valence-electron chi connectivity index (χ4n) is 0.446. The summed E-state index contributed by atoms with van der Waals surface area (Å²) < 4.78 is -1.19. The second-order valence-corrected chi connectivity index (χ2v) is 3.28. The molecule has 0 heterocycles. The molecule has 1 nitrogen and oxygen atoms in total. The van der Waals surface area contributed by atoms with Crippen molar-refractivity contribution in [2.75, 3.05) is 0 Å². The van der Waals surface area contributed by atoms with E-state index in [9.17, 15) is 0 Å². The number of halogens is 2. The van der Waals surface area contributed by atoms with Crippen molar-refractivity contribution in [2.24, 2.45) is 5.92 Å². The van der Waals surface area contributed by atoms with Gasteiger partial charge >= 0.3 is 0 Å². The predicted octanol–water partition coefficient (Wildman–Crippen LogP) is 1.81. The molecule has 7 heavy (non-hydrogen) atoms. The van der Waals surface area contributed by atoms with E-state index in [4.69, 9.17) is 28.9 Å². The zero-order valence-corrected chi connectivity index (χ0v) is 5.26. The molecular formula is C4H6Cl2N. The van der Waals surface area contributed by atoms with Crippen LogP contribution in [0.15, 0.2) is 0 Å². The monoisotopic (exact) mass is 138 g/mol. The second kappa shape index (κ2) is 1.51. The van der Waals surface area contributed by atoms with Gasteiger partial charge in [0, 0.05) is 5.92 Å². The first-order chi connectivity index (χ1) is 3.11. The third kappa shape index (κ3) is 1.48. The number of rotatable bonds is 1. The summed E-state index contributed by atoms with van der Waals surface area (Å²) in [6.45, 7) is 0. The SMILES string of the molecule is [NH]C(Cl)(Cl)C1CC1. The molecule has 0 aromatic carbocycles. The van der Waals surface area contributed by atoms with Crippen molar-refractivity contribution in [1.29, 1.82) is 0 Å². The topological polar surface area (TPSA) is 23.8 Å². The van der Waals surface area contributed by atoms with E-state index in [1.54, 1.807) is 0 Å². The zero-order valence-electron chi connectivity index (χ0n) is 3.75. The molecular weight excluding hydrogens is 133 g/mol. The average molecular weight is 139 g/mol. The van der Waals surface area contributed by atoms with Crippen LogP contribution in [0.4, 0.5) is 0 Å². The van der Waals surface area contributed by atoms with Crippen LogP contribution in [0.25, 0.3) is 0 Å². The molecule has 1 aliphatic carbocycles. The van der Waals surface area contributed by atoms with Crippen LogP contribution in [-0.4, -0.2) is 4.46 Å². The molecule has 0 atom stereocenters. The summed E-state index contributed by atoms with van der Waals surface area (Å²) in [5.41, 5.74) is 6.98. The smallest absolute Gasteiger partial charge is 0.183 e. The van der Waals surface area contributed by atoms with Gasteiger partial charge in [-0.25, -0.2) is 5.73 Å². The van der Waals surface area contributed by atoms with E-state index >= 15 is 0 Å². The van der Waals surface area contributed by atoms with Gasteiger partial charge in [0.05, 0.1) is 0 Å². The summed E-state index contributed by atoms with van der Waals surface area (Å²) in [5, 5.41) is 0. The first-order valence-electron chi connectivity index (χ1n) is 2.23. The molecule has 0 aromatic rings. The molecule has 0 aromatic heterocycles. The molecule has 0 spiro atoms. The Morgan fingerprint density at radius 2 is 1.86 bits per heavy atom. The molecule has 1 radical (unpaired) electrons. The Morgan fingerprint density at radius 1 is 1.43 bits per heavy atom. The van der Waals surface area contributed by atoms with Crippen molar-refractivity contribution in [2.45, 2.75) is 17.3 Å². The van der Waals surface area contributed by atoms with Gasteiger partial charge in [-0.1, -0.05) is 23.2 Å². The Balaban J connectivity index is 2.36. The molecule has 1 aliphatic rings. The van der Waals surface area contributed by atoms with Crippen LogP contribution in [0.2, 0.25) is 0 Å². The highest BCUT2D eigenvalue weighted by Crippen LogP contribution is 2.43. The molecule has 0 bridgehead atoms. The van der Waals surface area contributed by atoms with Gasteiger partial charge in [-0.3, -0.25) is 0 Å². The van der Waals surface area contributed by atoms with Gasteiger partial charge < -0.3 is 0 Å². The van der Waals surface area contributed by atoms with Crippen molar-refractivity contribution >= 4 is 23.2 Å². The molecule has 1 fully saturated rings. The highest BCUT2D eigenvalue weighted by molar-refractivity contribution is 6.48. The average Bonchev–Trinajstić information content (AvgIpc) is 1.99. The normalized spacial score (nSPS) is 22.7. The summed E-state index contributed by atoms with van der Waals surface area (Å²) in [6.07, 6.45) is 2.05. The lowest BCUT2D eigenvalue weighted by Crippen LogP contribution is -2.15. The molecule has 1 N–H and O–H groups in total. The van der Waals surface area contributed by atoms with Crippen LogP contribution >= 0.6 is 23.2 Å². The standard InChI is InChI=1S/C4H6Cl2N/c5-4(6,7)3-1-2-3/h3,7H,1-2H2. The van der Waals surface area contributed by atoms with Crippen molar-refractivity contribution in [3.05, 3.63) is 0 Å². The molecule has 0 saturated heterocycles. The maximum absolute atomic E-state index is 6.98. The second-order valence-electron chi connectivity index (χ2n) is 1.90. The number of hydrogen-bond donors (Lipinski definition) is 0. The maximum atomic E-state index is 6.98. The van der Waals surface area contributed by atoms with Crippen molar-refractivity contribution in [3.63, 3.8) is 0 Å². The van der Waals surface area contributed by atoms with Crippen LogP contribution in [0, 0.1) is 5.92 Å². The molecule has 0 unspecified atom stereocenters. The van der Waals surface area contributed by atoms with E-state index in [1.807, 2.05) is 0 Å². The van der Waals surface area contributed by atoms with E-state index in [-0.39, 0.29) is 5.92 Å². The van der Waals surface area contributed by atoms with E-state index in [2.05, 4.69) is 0 Å². The van der Waals surface area contributed by atoms with Crippen LogP contribution in [0.3, 0.4) is 0 Å². The highest BCUT2D eigenvalue weighted by Gasteiger charge is 2.39. The van der Waals surface area contributed by atoms with E-state index in [0.717, 1.165) is 12.8 Å². The minimum atomic E-state index is -1.19. The summed E-state index contributed by atoms with van der Waals surface area (Å²) in [4.78, 5) is 0. The van der Waals surface area contributed by atoms with Crippen LogP contribution < -0.4 is 5.73 Å². The number of alkyl halides is 2. The van der Waals surface area contributed by atoms with Gasteiger partial charge in [0.15, 0.2) is 4.46 Å². The van der Waals surface area contributed by atoms with Crippen molar-refractivity contribution in [1.82, 2.24) is 5.73 Å². The molecule has 3 heteroatoms. The van der Waals surface area contributed by atoms with E-state index in [0.29, 0.717) is 0 Å². The third-order valence-corrected chi connectivity index (χ3v) is 1.71. The molecule has 0 amide bonds. The highest BCUT2D eigenvalue weighted by atomic mass is 35.5. The molecule has 1 rings (SSSR count). The van der Waals surface area contributed by atoms with Gasteiger partial charge in [0.1, 0.15) is 0 Å². The number of hydrogen-bond acceptors (Lipinski definition) is 0. The zero-order chi connectivity index (χ0) is 5.49. The predicted molar refractivity (Wildman–Crippen MR) is 30.3 cm³/mol. The van der Waals surface area contributed by atoms with Crippen LogP contribution in [0.5, 0.6) is 0 Å². The fraction of sp³-hybridized carbons (Fsp3) is 1.00. The Morgan fingerprint density at radius 3 is 1.86 bits per heavy atom. The minimum Gasteiger partial charge on any atom is -0.221 e. The summed E-state index contributed by atoms with van der Waals surface area (Å²) in [6, 6.07) is 0. The number of nitrogens with one attached hydrogen (secondary N) is 1. The fourth-order valence-corrected chi connectivity index (χ4v) is 0.882. The third-order valence-electron chi connectivity index (χ3n) is 1.09. The molecule has 0 aliphatic heterocycles. The Hall–Kier alpha value is 0.540. The van der Waals surface area contributed by atoms with Crippen LogP contribution in [0.1, 0.15) is 12.8 Å². The van der Waals surface area contributed by atoms with Gasteiger partial charge in [0.25, 0.3) is 0 Å². The Kier molecular flexibility index (Phi) is 1.22. The van der Waals surface area contributed by atoms with E-state index < -0.39 is 4.46 Å². The van der Waals surface area contributed by atoms with Gasteiger partial charge in [-0.15, -0.1) is 0 Å². The minimum absolute atomic E-state index is 0.246. The quantitative estimate of drug-likeness (QED) is 0.390. The lowest BCUT2D eigenvalue weighted by Gasteiger charge is -2.07.